The zero-order valence-electron chi connectivity index (χ0n) is 11.3. The van der Waals surface area contributed by atoms with Crippen molar-refractivity contribution >= 4 is 27.5 Å². The monoisotopic (exact) mass is 272 g/mol. The third kappa shape index (κ3) is 2.00. The molecule has 0 aliphatic carbocycles. The third-order valence-corrected chi connectivity index (χ3v) is 4.13. The van der Waals surface area contributed by atoms with Crippen LogP contribution >= 0.6 is 11.3 Å². The van der Waals surface area contributed by atoms with E-state index in [0.717, 1.165) is 34.3 Å². The van der Waals surface area contributed by atoms with E-state index in [9.17, 15) is 0 Å². The number of aromatic nitrogens is 3. The van der Waals surface area contributed by atoms with Crippen molar-refractivity contribution in [1.29, 1.82) is 0 Å². The second kappa shape index (κ2) is 4.66. The van der Waals surface area contributed by atoms with Crippen LogP contribution in [0.3, 0.4) is 0 Å². The van der Waals surface area contributed by atoms with Gasteiger partial charge in [0.2, 0.25) is 0 Å². The van der Waals surface area contributed by atoms with Crippen molar-refractivity contribution in [2.45, 2.75) is 20.4 Å². The first-order chi connectivity index (χ1) is 9.22. The minimum absolute atomic E-state index is 0.936. The van der Waals surface area contributed by atoms with E-state index in [4.69, 9.17) is 0 Å². The van der Waals surface area contributed by atoms with Gasteiger partial charge in [-0.05, 0) is 26.0 Å². The van der Waals surface area contributed by atoms with Crippen LogP contribution in [0.4, 0.5) is 5.13 Å². The van der Waals surface area contributed by atoms with Crippen LogP contribution in [0.1, 0.15) is 12.7 Å². The molecule has 1 aromatic carbocycles. The van der Waals surface area contributed by atoms with E-state index >= 15 is 0 Å². The summed E-state index contributed by atoms with van der Waals surface area (Å²) in [6.07, 6.45) is 0. The molecule has 4 nitrogen and oxygen atoms in total. The molecule has 0 fully saturated rings. The summed E-state index contributed by atoms with van der Waals surface area (Å²) in [5, 5.41) is 6.07. The third-order valence-electron chi connectivity index (χ3n) is 3.27. The average molecular weight is 272 g/mol. The highest BCUT2D eigenvalue weighted by Gasteiger charge is 2.09. The molecule has 2 aromatic heterocycles. The molecule has 1 N–H and O–H groups in total. The van der Waals surface area contributed by atoms with Gasteiger partial charge in [0.05, 0.1) is 16.7 Å². The average Bonchev–Trinajstić information content (AvgIpc) is 3.00. The van der Waals surface area contributed by atoms with Gasteiger partial charge < -0.3 is 9.88 Å². The van der Waals surface area contributed by atoms with Crippen molar-refractivity contribution < 1.29 is 0 Å². The van der Waals surface area contributed by atoms with Crippen molar-refractivity contribution in [3.63, 3.8) is 0 Å². The Hall–Kier alpha value is -1.88. The number of aryl methyl sites for hydroxylation is 2. The number of benzene rings is 1. The first kappa shape index (κ1) is 12.2. The number of rotatable bonds is 3. The molecular formula is C14H16N4S. The Kier molecular flexibility index (Phi) is 2.98. The normalized spacial score (nSPS) is 11.1. The fraction of sp³-hybridized carbons (Fsp3) is 0.286. The fourth-order valence-corrected chi connectivity index (χ4v) is 3.01. The minimum Gasteiger partial charge on any atom is -0.365 e. The molecule has 0 saturated carbocycles. The molecule has 0 bridgehead atoms. The molecule has 3 rings (SSSR count). The summed E-state index contributed by atoms with van der Waals surface area (Å²) in [6.45, 7) is 5.13. The van der Waals surface area contributed by atoms with Crippen LogP contribution in [-0.2, 0) is 6.54 Å². The number of imidazole rings is 1. The standard InChI is InChI=1S/C14H16N4S/c1-4-18-9(2)16-11-7-10(5-6-13(11)18)12-8-19-14(15-3)17-12/h5-8H,4H2,1-3H3,(H,15,17). The number of hydrogen-bond donors (Lipinski definition) is 1. The predicted molar refractivity (Wildman–Crippen MR) is 80.8 cm³/mol. The van der Waals surface area contributed by atoms with E-state index in [1.54, 1.807) is 11.3 Å². The van der Waals surface area contributed by atoms with Crippen LogP contribution in [0.25, 0.3) is 22.3 Å². The van der Waals surface area contributed by atoms with Crippen molar-refractivity contribution in [2.75, 3.05) is 12.4 Å². The fourth-order valence-electron chi connectivity index (χ4n) is 2.33. The smallest absolute Gasteiger partial charge is 0.182 e. The molecule has 0 aliphatic rings. The van der Waals surface area contributed by atoms with Crippen LogP contribution < -0.4 is 5.32 Å². The lowest BCUT2D eigenvalue weighted by Gasteiger charge is -2.02. The summed E-state index contributed by atoms with van der Waals surface area (Å²) < 4.78 is 2.22. The number of hydrogen-bond acceptors (Lipinski definition) is 4. The lowest BCUT2D eigenvalue weighted by Crippen LogP contribution is -1.95. The zero-order valence-corrected chi connectivity index (χ0v) is 12.1. The number of thiazole rings is 1. The number of anilines is 1. The van der Waals surface area contributed by atoms with E-state index in [1.165, 1.54) is 5.52 Å². The first-order valence-electron chi connectivity index (χ1n) is 6.33. The summed E-state index contributed by atoms with van der Waals surface area (Å²) in [5.74, 6) is 1.06. The van der Waals surface area contributed by atoms with E-state index in [2.05, 4.69) is 50.4 Å². The number of fused-ring (bicyclic) bond motifs is 1. The molecule has 98 valence electrons. The largest absolute Gasteiger partial charge is 0.365 e. The van der Waals surface area contributed by atoms with Gasteiger partial charge in [0.15, 0.2) is 5.13 Å². The second-order valence-electron chi connectivity index (χ2n) is 4.39. The number of nitrogens with zero attached hydrogens (tertiary/aromatic N) is 3. The molecule has 5 heteroatoms. The Morgan fingerprint density at radius 1 is 1.32 bits per heavy atom. The molecule has 0 amide bonds. The molecule has 0 aliphatic heterocycles. The summed E-state index contributed by atoms with van der Waals surface area (Å²) in [7, 11) is 1.89. The maximum absolute atomic E-state index is 4.62. The van der Waals surface area contributed by atoms with Gasteiger partial charge >= 0.3 is 0 Å². The van der Waals surface area contributed by atoms with Gasteiger partial charge in [0, 0.05) is 24.5 Å². The van der Waals surface area contributed by atoms with E-state index < -0.39 is 0 Å². The topological polar surface area (TPSA) is 42.7 Å². The molecule has 0 unspecified atom stereocenters. The minimum atomic E-state index is 0.936. The van der Waals surface area contributed by atoms with Crippen LogP contribution in [-0.4, -0.2) is 21.6 Å². The van der Waals surface area contributed by atoms with Gasteiger partial charge in [0.25, 0.3) is 0 Å². The van der Waals surface area contributed by atoms with Gasteiger partial charge in [-0.15, -0.1) is 11.3 Å². The molecule has 0 saturated heterocycles. The summed E-state index contributed by atoms with van der Waals surface area (Å²) >= 11 is 1.61. The molecular weight excluding hydrogens is 256 g/mol. The predicted octanol–water partition coefficient (Wildman–Crippen LogP) is 3.53. The molecule has 0 radical (unpaired) electrons. The Balaban J connectivity index is 2.11. The maximum atomic E-state index is 4.62. The van der Waals surface area contributed by atoms with Gasteiger partial charge in [-0.1, -0.05) is 6.07 Å². The Bertz CT molecular complexity index is 726. The van der Waals surface area contributed by atoms with E-state index in [0.29, 0.717) is 0 Å². The highest BCUT2D eigenvalue weighted by molar-refractivity contribution is 7.14. The van der Waals surface area contributed by atoms with Crippen molar-refractivity contribution in [3.8, 4) is 11.3 Å². The van der Waals surface area contributed by atoms with Crippen LogP contribution in [0.5, 0.6) is 0 Å². The summed E-state index contributed by atoms with van der Waals surface area (Å²) in [4.78, 5) is 9.15. The molecule has 0 atom stereocenters. The van der Waals surface area contributed by atoms with Gasteiger partial charge in [0.1, 0.15) is 5.82 Å². The molecule has 19 heavy (non-hydrogen) atoms. The van der Waals surface area contributed by atoms with Gasteiger partial charge in [-0.3, -0.25) is 0 Å². The van der Waals surface area contributed by atoms with Crippen molar-refractivity contribution in [1.82, 2.24) is 14.5 Å². The van der Waals surface area contributed by atoms with Crippen molar-refractivity contribution in [2.24, 2.45) is 0 Å². The number of nitrogens with one attached hydrogen (secondary N) is 1. The molecule has 3 aromatic rings. The highest BCUT2D eigenvalue weighted by atomic mass is 32.1. The van der Waals surface area contributed by atoms with E-state index in [-0.39, 0.29) is 0 Å². The van der Waals surface area contributed by atoms with Crippen LogP contribution in [0, 0.1) is 6.92 Å². The Labute approximate surface area is 116 Å². The second-order valence-corrected chi connectivity index (χ2v) is 5.25. The maximum Gasteiger partial charge on any atom is 0.182 e. The van der Waals surface area contributed by atoms with Crippen LogP contribution in [0.2, 0.25) is 0 Å². The molecule has 2 heterocycles. The quantitative estimate of drug-likeness (QED) is 0.793. The van der Waals surface area contributed by atoms with Gasteiger partial charge in [-0.2, -0.15) is 0 Å². The Morgan fingerprint density at radius 3 is 2.84 bits per heavy atom. The lowest BCUT2D eigenvalue weighted by atomic mass is 10.1. The zero-order chi connectivity index (χ0) is 13.4. The summed E-state index contributed by atoms with van der Waals surface area (Å²) in [5.41, 5.74) is 4.34. The summed E-state index contributed by atoms with van der Waals surface area (Å²) in [6, 6.07) is 6.36. The van der Waals surface area contributed by atoms with Crippen molar-refractivity contribution in [3.05, 3.63) is 29.4 Å². The highest BCUT2D eigenvalue weighted by Crippen LogP contribution is 2.27. The van der Waals surface area contributed by atoms with E-state index in [1.807, 2.05) is 14.0 Å². The first-order valence-corrected chi connectivity index (χ1v) is 7.21. The van der Waals surface area contributed by atoms with Crippen LogP contribution in [0.15, 0.2) is 23.6 Å². The van der Waals surface area contributed by atoms with Gasteiger partial charge in [-0.25, -0.2) is 9.97 Å². The lowest BCUT2D eigenvalue weighted by molar-refractivity contribution is 0.753. The Morgan fingerprint density at radius 2 is 2.16 bits per heavy atom. The SMILES string of the molecule is CCn1c(C)nc2cc(-c3csc(NC)n3)ccc21. The molecule has 0 spiro atoms.